The van der Waals surface area contributed by atoms with Crippen LogP contribution in [0.3, 0.4) is 0 Å². The van der Waals surface area contributed by atoms with Gasteiger partial charge in [-0.1, -0.05) is 4.47 Å². The second-order valence-corrected chi connectivity index (χ2v) is 2.62. The number of ether oxygens (including phenoxy) is 2. The molecule has 8 heteroatoms. The van der Waals surface area contributed by atoms with Gasteiger partial charge in [0.15, 0.2) is 0 Å². The summed E-state index contributed by atoms with van der Waals surface area (Å²) in [4.78, 5) is 3.96. The molecule has 3 nitrogen and oxygen atoms in total. The monoisotopic (exact) mass is 317 g/mol. The second kappa shape index (κ2) is 13.2. The van der Waals surface area contributed by atoms with Crippen LogP contribution in [0.1, 0.15) is 0 Å². The minimum absolute atomic E-state index is 0. The van der Waals surface area contributed by atoms with Crippen molar-refractivity contribution < 1.29 is 53.1 Å². The molecule has 1 heterocycles. The zero-order valence-corrected chi connectivity index (χ0v) is 13.2. The first kappa shape index (κ1) is 25.1. The first-order chi connectivity index (χ1) is 5.27. The number of hydrogen-bond acceptors (Lipinski definition) is 3. The van der Waals surface area contributed by atoms with Crippen LogP contribution in [0.25, 0.3) is 0 Å². The summed E-state index contributed by atoms with van der Waals surface area (Å²) in [5.41, 5.74) is 0. The van der Waals surface area contributed by atoms with Gasteiger partial charge < -0.3 is 34.3 Å². The third kappa shape index (κ3) is 7.97. The molecule has 0 unspecified atom stereocenters. The largest absolute Gasteiger partial charge is 2.00 e. The zero-order chi connectivity index (χ0) is 8.27. The molecular formula is C7H7BrCl2LiMgNO2. The van der Waals surface area contributed by atoms with E-state index in [0.29, 0.717) is 11.8 Å². The number of rotatable bonds is 2. The summed E-state index contributed by atoms with van der Waals surface area (Å²) < 4.78 is 10.5. The van der Waals surface area contributed by atoms with Crippen LogP contribution in [0.15, 0.2) is 10.5 Å². The van der Waals surface area contributed by atoms with E-state index in [0.717, 1.165) is 4.47 Å². The van der Waals surface area contributed by atoms with Gasteiger partial charge in [0.05, 0.1) is 14.2 Å². The summed E-state index contributed by atoms with van der Waals surface area (Å²) in [6, 6.07) is 4.50. The number of aromatic nitrogens is 1. The number of nitrogens with zero attached hydrogens (tertiary/aromatic N) is 1. The maximum Gasteiger partial charge on any atom is 2.00 e. The number of hydrogen-bond donors (Lipinski definition) is 0. The van der Waals surface area contributed by atoms with Crippen molar-refractivity contribution in [2.24, 2.45) is 0 Å². The van der Waals surface area contributed by atoms with Gasteiger partial charge in [-0.05, 0) is 0 Å². The van der Waals surface area contributed by atoms with Gasteiger partial charge in [0.2, 0.25) is 0 Å². The van der Waals surface area contributed by atoms with Crippen LogP contribution in [-0.4, -0.2) is 42.3 Å². The van der Waals surface area contributed by atoms with E-state index in [1.807, 2.05) is 0 Å². The maximum atomic E-state index is 4.93. The van der Waals surface area contributed by atoms with E-state index >= 15 is 0 Å². The van der Waals surface area contributed by atoms with E-state index in [-0.39, 0.29) is 66.7 Å². The molecule has 0 amide bonds. The molecule has 15 heavy (non-hydrogen) atoms. The van der Waals surface area contributed by atoms with E-state index in [4.69, 9.17) is 9.47 Å². The third-order valence-corrected chi connectivity index (χ3v) is 1.68. The van der Waals surface area contributed by atoms with E-state index in [1.54, 1.807) is 13.2 Å². The molecule has 0 spiro atoms. The van der Waals surface area contributed by atoms with Crippen LogP contribution < -0.4 is 53.1 Å². The van der Waals surface area contributed by atoms with Gasteiger partial charge in [0.1, 0.15) is 11.8 Å². The van der Waals surface area contributed by atoms with Gasteiger partial charge in [0.25, 0.3) is 0 Å². The molecule has 1 aromatic rings. The predicted octanol–water partition coefficient (Wildman–Crippen LogP) is -7.71. The van der Waals surface area contributed by atoms with Crippen molar-refractivity contribution in [1.29, 1.82) is 0 Å². The fraction of sp³-hybridized carbons (Fsp3) is 0.286. The predicted molar refractivity (Wildman–Crippen MR) is 49.6 cm³/mol. The molecule has 0 atom stereocenters. The molecule has 76 valence electrons. The number of methoxy groups -OCH3 is 2. The smallest absolute Gasteiger partial charge is 1.00 e. The Labute approximate surface area is 138 Å². The molecule has 1 aromatic heterocycles. The summed E-state index contributed by atoms with van der Waals surface area (Å²) in [6.07, 6.45) is 0. The molecule has 0 aromatic carbocycles. The molecule has 0 radical (unpaired) electrons. The third-order valence-electron chi connectivity index (χ3n) is 1.12. The minimum atomic E-state index is 0. The Hall–Kier alpha value is 1.17. The SMILES string of the molecule is COc1[c-]cc(Br)c(OC)n1.[Cl-].[Cl-].[Li+].[Mg+2]. The normalized spacial score (nSPS) is 6.87. The van der Waals surface area contributed by atoms with E-state index in [9.17, 15) is 0 Å². The molecule has 0 saturated heterocycles. The van der Waals surface area contributed by atoms with Gasteiger partial charge >= 0.3 is 41.9 Å². The summed E-state index contributed by atoms with van der Waals surface area (Å²) in [6.45, 7) is 0. The maximum absolute atomic E-state index is 4.93. The first-order valence-corrected chi connectivity index (χ1v) is 3.73. The van der Waals surface area contributed by atoms with Crippen molar-refractivity contribution in [2.45, 2.75) is 0 Å². The van der Waals surface area contributed by atoms with Crippen LogP contribution in [-0.2, 0) is 0 Å². The first-order valence-electron chi connectivity index (χ1n) is 2.94. The van der Waals surface area contributed by atoms with Crippen molar-refractivity contribution >= 4 is 39.0 Å². The standard InChI is InChI=1S/C7H7BrNO2.2ClH.Li.Mg/c1-10-6-4-3-5(8)7(9-6)11-2;;;;/h3H,1-2H3;2*1H;;/q-1;;;+1;+2/p-2. The molecule has 0 bridgehead atoms. The van der Waals surface area contributed by atoms with Gasteiger partial charge in [-0.15, -0.1) is 0 Å². The molecule has 1 rings (SSSR count). The molecule has 0 N–H and O–H groups in total. The molecule has 0 saturated carbocycles. The van der Waals surface area contributed by atoms with Gasteiger partial charge in [0, 0.05) is 0 Å². The molecule has 0 aliphatic carbocycles. The van der Waals surface area contributed by atoms with Crippen LogP contribution >= 0.6 is 15.9 Å². The average Bonchev–Trinajstić information content (AvgIpc) is 2.05. The van der Waals surface area contributed by atoms with Crippen LogP contribution in [0.5, 0.6) is 11.8 Å². The Kier molecular flexibility index (Phi) is 22.2. The second-order valence-electron chi connectivity index (χ2n) is 1.77. The number of pyridine rings is 1. The van der Waals surface area contributed by atoms with Crippen LogP contribution in [0.4, 0.5) is 0 Å². The summed E-state index contributed by atoms with van der Waals surface area (Å²) in [7, 11) is 3.08. The quantitative estimate of drug-likeness (QED) is 0.401. The molecule has 0 aliphatic rings. The number of halogens is 3. The van der Waals surface area contributed by atoms with Crippen molar-refractivity contribution in [1.82, 2.24) is 4.98 Å². The van der Waals surface area contributed by atoms with Gasteiger partial charge in [-0.2, -0.15) is 22.0 Å². The van der Waals surface area contributed by atoms with E-state index < -0.39 is 0 Å². The van der Waals surface area contributed by atoms with Crippen LogP contribution in [0.2, 0.25) is 0 Å². The van der Waals surface area contributed by atoms with Crippen molar-refractivity contribution in [3.8, 4) is 11.8 Å². The summed E-state index contributed by atoms with van der Waals surface area (Å²) in [5.74, 6) is 0.922. The van der Waals surface area contributed by atoms with E-state index in [2.05, 4.69) is 27.0 Å². The Morgan fingerprint density at radius 2 is 1.80 bits per heavy atom. The molecular weight excluding hydrogens is 312 g/mol. The molecule has 0 fully saturated rings. The van der Waals surface area contributed by atoms with Crippen molar-refractivity contribution in [3.05, 3.63) is 16.6 Å². The van der Waals surface area contributed by atoms with E-state index in [1.165, 1.54) is 7.11 Å². The topological polar surface area (TPSA) is 31.4 Å². The Morgan fingerprint density at radius 3 is 2.20 bits per heavy atom. The minimum Gasteiger partial charge on any atom is -1.00 e. The van der Waals surface area contributed by atoms with Crippen molar-refractivity contribution in [2.75, 3.05) is 14.2 Å². The molecule has 0 aliphatic heterocycles. The summed E-state index contributed by atoms with van der Waals surface area (Å²) >= 11 is 3.25. The average molecular weight is 319 g/mol. The fourth-order valence-electron chi connectivity index (χ4n) is 0.612. The van der Waals surface area contributed by atoms with Crippen molar-refractivity contribution in [3.63, 3.8) is 0 Å². The Balaban J connectivity index is -0.000000151. The fourth-order valence-corrected chi connectivity index (χ4v) is 0.977. The van der Waals surface area contributed by atoms with Gasteiger partial charge in [-0.25, -0.2) is 11.1 Å². The summed E-state index contributed by atoms with van der Waals surface area (Å²) in [5, 5.41) is 0. The zero-order valence-electron chi connectivity index (χ0n) is 8.68. The Bertz CT molecular complexity index is 271. The Morgan fingerprint density at radius 1 is 1.27 bits per heavy atom. The van der Waals surface area contributed by atoms with Crippen LogP contribution in [0, 0.1) is 6.07 Å². The van der Waals surface area contributed by atoms with Gasteiger partial charge in [-0.3, -0.25) is 0 Å².